The van der Waals surface area contributed by atoms with Gasteiger partial charge in [0.1, 0.15) is 17.9 Å². The summed E-state index contributed by atoms with van der Waals surface area (Å²) in [6, 6.07) is 3.84. The maximum absolute atomic E-state index is 12.8. The van der Waals surface area contributed by atoms with Gasteiger partial charge in [-0.15, -0.1) is 0 Å². The van der Waals surface area contributed by atoms with Crippen LogP contribution in [-0.4, -0.2) is 45.0 Å². The molecule has 6 nitrogen and oxygen atoms in total. The Hall–Kier alpha value is -3.15. The van der Waals surface area contributed by atoms with Gasteiger partial charge in [-0.25, -0.2) is 4.98 Å². The van der Waals surface area contributed by atoms with Crippen molar-refractivity contribution in [2.75, 3.05) is 13.1 Å². The van der Waals surface area contributed by atoms with Crippen molar-refractivity contribution in [3.8, 4) is 6.19 Å². The fourth-order valence-electron chi connectivity index (χ4n) is 3.73. The number of nitriles is 1. The number of likely N-dealkylation sites (tertiary alicyclic amines) is 1. The number of nitrogens with one attached hydrogen (secondary N) is 1. The molecule has 0 bridgehead atoms. The number of alkyl halides is 3. The van der Waals surface area contributed by atoms with Gasteiger partial charge in [0.05, 0.1) is 11.7 Å². The number of halogens is 3. The van der Waals surface area contributed by atoms with E-state index in [4.69, 9.17) is 5.26 Å². The lowest BCUT2D eigenvalue weighted by atomic mass is 9.94. The quantitative estimate of drug-likeness (QED) is 0.422. The Morgan fingerprint density at radius 3 is 3.00 bits per heavy atom. The van der Waals surface area contributed by atoms with E-state index in [1.807, 2.05) is 12.1 Å². The summed E-state index contributed by atoms with van der Waals surface area (Å²) in [4.78, 5) is 16.8. The third kappa shape index (κ3) is 3.30. The Labute approximate surface area is 152 Å². The lowest BCUT2D eigenvalue weighted by molar-refractivity contribution is -0.122. The second-order valence-corrected chi connectivity index (χ2v) is 6.51. The Kier molecular flexibility index (Phi) is 4.18. The van der Waals surface area contributed by atoms with E-state index in [1.165, 1.54) is 6.19 Å². The molecule has 0 spiro atoms. The van der Waals surface area contributed by atoms with Gasteiger partial charge in [-0.3, -0.25) is 4.98 Å². The summed E-state index contributed by atoms with van der Waals surface area (Å²) in [5.41, 5.74) is 2.52. The number of pyridine rings is 2. The Balaban J connectivity index is 1.69. The summed E-state index contributed by atoms with van der Waals surface area (Å²) < 4.78 is 38.4. The fourth-order valence-corrected chi connectivity index (χ4v) is 3.73. The highest BCUT2D eigenvalue weighted by Gasteiger charge is 2.35. The summed E-state index contributed by atoms with van der Waals surface area (Å²) in [6.07, 6.45) is 1.76. The number of hydrogen-bond donors (Lipinski definition) is 1. The lowest BCUT2D eigenvalue weighted by Gasteiger charge is -2.21. The van der Waals surface area contributed by atoms with Crippen molar-refractivity contribution in [1.82, 2.24) is 19.9 Å². The number of aliphatic imine (C=N–C) groups is 1. The van der Waals surface area contributed by atoms with Crippen LogP contribution in [0.1, 0.15) is 24.3 Å². The highest BCUT2D eigenvalue weighted by atomic mass is 19.4. The van der Waals surface area contributed by atoms with Crippen LogP contribution in [-0.2, 0) is 0 Å². The number of fused-ring (bicyclic) bond motifs is 3. The molecule has 0 aromatic carbocycles. The normalized spacial score (nSPS) is 18.4. The SMILES string of the molecule is N#CN=C(CC(F)(F)F)N1CCC(c2ccnc3cnc4[nH]ccc4c23)C1. The van der Waals surface area contributed by atoms with Gasteiger partial charge in [-0.1, -0.05) is 0 Å². The first kappa shape index (κ1) is 17.3. The number of H-pyrrole nitrogens is 1. The molecule has 0 amide bonds. The van der Waals surface area contributed by atoms with Crippen LogP contribution in [0.3, 0.4) is 0 Å². The van der Waals surface area contributed by atoms with Crippen LogP contribution in [0.15, 0.2) is 35.7 Å². The number of nitrogens with zero attached hydrogens (tertiary/aromatic N) is 5. The zero-order valence-electron chi connectivity index (χ0n) is 14.2. The molecule has 27 heavy (non-hydrogen) atoms. The molecular weight excluding hydrogens is 357 g/mol. The molecule has 0 saturated carbocycles. The van der Waals surface area contributed by atoms with Gasteiger partial charge in [0.15, 0.2) is 0 Å². The Morgan fingerprint density at radius 1 is 1.37 bits per heavy atom. The fraction of sp³-hybridized carbons (Fsp3) is 0.333. The zero-order valence-corrected chi connectivity index (χ0v) is 14.2. The number of aromatic amines is 1. The molecule has 9 heteroatoms. The minimum absolute atomic E-state index is 0.0214. The Bertz CT molecular complexity index is 1060. The number of rotatable bonds is 2. The minimum atomic E-state index is -4.40. The maximum atomic E-state index is 12.8. The summed E-state index contributed by atoms with van der Waals surface area (Å²) in [5.74, 6) is -0.201. The molecule has 1 N–H and O–H groups in total. The summed E-state index contributed by atoms with van der Waals surface area (Å²) in [6.45, 7) is 0.802. The van der Waals surface area contributed by atoms with Crippen molar-refractivity contribution < 1.29 is 13.2 Å². The molecule has 0 radical (unpaired) electrons. The van der Waals surface area contributed by atoms with Crippen molar-refractivity contribution in [3.63, 3.8) is 0 Å². The van der Waals surface area contributed by atoms with Crippen LogP contribution in [0.2, 0.25) is 0 Å². The third-order valence-corrected chi connectivity index (χ3v) is 4.85. The number of aromatic nitrogens is 3. The molecule has 0 aliphatic carbocycles. The van der Waals surface area contributed by atoms with Crippen molar-refractivity contribution in [1.29, 1.82) is 5.26 Å². The van der Waals surface area contributed by atoms with Crippen molar-refractivity contribution in [2.24, 2.45) is 4.99 Å². The molecule has 4 heterocycles. The molecule has 4 rings (SSSR count). The predicted molar refractivity (Wildman–Crippen MR) is 94.0 cm³/mol. The molecule has 1 fully saturated rings. The largest absolute Gasteiger partial charge is 0.396 e. The molecule has 3 aromatic heterocycles. The molecule has 3 aromatic rings. The number of hydrogen-bond acceptors (Lipinski definition) is 4. The van der Waals surface area contributed by atoms with Gasteiger partial charge in [0.25, 0.3) is 0 Å². The summed E-state index contributed by atoms with van der Waals surface area (Å²) >= 11 is 0. The van der Waals surface area contributed by atoms with Gasteiger partial charge in [-0.05, 0) is 24.1 Å². The van der Waals surface area contributed by atoms with Crippen LogP contribution in [0.25, 0.3) is 21.9 Å². The average Bonchev–Trinajstić information content (AvgIpc) is 3.29. The van der Waals surface area contributed by atoms with Crippen LogP contribution < -0.4 is 0 Å². The van der Waals surface area contributed by atoms with Gasteiger partial charge < -0.3 is 9.88 Å². The molecule has 1 unspecified atom stereocenters. The second kappa shape index (κ2) is 6.54. The monoisotopic (exact) mass is 372 g/mol. The third-order valence-electron chi connectivity index (χ3n) is 4.85. The molecule has 138 valence electrons. The zero-order chi connectivity index (χ0) is 19.0. The van der Waals surface area contributed by atoms with Gasteiger partial charge in [-0.2, -0.15) is 23.4 Å². The smallest absolute Gasteiger partial charge is 0.358 e. The maximum Gasteiger partial charge on any atom is 0.396 e. The minimum Gasteiger partial charge on any atom is -0.358 e. The standard InChI is InChI=1S/C18H15F3N6/c19-18(20,21)7-15(26-10-22)27-6-3-11(9-27)12-1-4-23-14-8-25-17-13(16(12)14)2-5-24-17/h1-2,4-5,8,11H,3,6-7,9H2,(H,24,25). The first-order valence-corrected chi connectivity index (χ1v) is 8.44. The summed E-state index contributed by atoms with van der Waals surface area (Å²) in [5, 5.41) is 10.7. The van der Waals surface area contributed by atoms with Crippen LogP contribution in [0.4, 0.5) is 13.2 Å². The molecule has 1 atom stereocenters. The van der Waals surface area contributed by atoms with E-state index in [0.717, 1.165) is 27.5 Å². The predicted octanol–water partition coefficient (Wildman–Crippen LogP) is 3.73. The Morgan fingerprint density at radius 2 is 2.22 bits per heavy atom. The number of amidine groups is 1. The highest BCUT2D eigenvalue weighted by molar-refractivity contribution is 6.05. The first-order valence-electron chi connectivity index (χ1n) is 8.44. The molecule has 1 saturated heterocycles. The lowest BCUT2D eigenvalue weighted by Crippen LogP contribution is -2.32. The van der Waals surface area contributed by atoms with Gasteiger partial charge in [0.2, 0.25) is 6.19 Å². The van der Waals surface area contributed by atoms with Crippen molar-refractivity contribution >= 4 is 27.8 Å². The average molecular weight is 372 g/mol. The van der Waals surface area contributed by atoms with Gasteiger partial charge in [0, 0.05) is 42.2 Å². The van der Waals surface area contributed by atoms with Crippen LogP contribution in [0.5, 0.6) is 0 Å². The van der Waals surface area contributed by atoms with E-state index in [9.17, 15) is 13.2 Å². The van der Waals surface area contributed by atoms with Crippen LogP contribution in [0, 0.1) is 11.5 Å². The molecule has 1 aliphatic heterocycles. The molecule has 1 aliphatic rings. The van der Waals surface area contributed by atoms with E-state index < -0.39 is 12.6 Å². The van der Waals surface area contributed by atoms with E-state index in [2.05, 4.69) is 19.9 Å². The van der Waals surface area contributed by atoms with Gasteiger partial charge >= 0.3 is 6.18 Å². The van der Waals surface area contributed by atoms with Crippen LogP contribution >= 0.6 is 0 Å². The van der Waals surface area contributed by atoms with Crippen molar-refractivity contribution in [2.45, 2.75) is 24.9 Å². The molecular formula is C18H15F3N6. The van der Waals surface area contributed by atoms with E-state index >= 15 is 0 Å². The first-order chi connectivity index (χ1) is 13.0. The summed E-state index contributed by atoms with van der Waals surface area (Å²) in [7, 11) is 0. The van der Waals surface area contributed by atoms with Crippen molar-refractivity contribution in [3.05, 3.63) is 36.3 Å². The topological polar surface area (TPSA) is 81.0 Å². The second-order valence-electron chi connectivity index (χ2n) is 6.51. The van der Waals surface area contributed by atoms with E-state index in [1.54, 1.807) is 23.5 Å². The van der Waals surface area contributed by atoms with E-state index in [0.29, 0.717) is 19.5 Å². The van der Waals surface area contributed by atoms with E-state index in [-0.39, 0.29) is 11.8 Å². The highest BCUT2D eigenvalue weighted by Crippen LogP contribution is 2.35.